The lowest BCUT2D eigenvalue weighted by Crippen LogP contribution is -2.27. The van der Waals surface area contributed by atoms with E-state index in [0.717, 1.165) is 23.2 Å². The van der Waals surface area contributed by atoms with Crippen molar-refractivity contribution in [3.63, 3.8) is 0 Å². The molecule has 1 aromatic rings. The molecule has 100 valence electrons. The fourth-order valence-electron chi connectivity index (χ4n) is 3.06. The molecule has 0 bridgehead atoms. The third kappa shape index (κ3) is 3.12. The summed E-state index contributed by atoms with van der Waals surface area (Å²) < 4.78 is 14.7. The van der Waals surface area contributed by atoms with Crippen LogP contribution in [0, 0.1) is 17.7 Å². The Morgan fingerprint density at radius 1 is 1.44 bits per heavy atom. The minimum absolute atomic E-state index is 0.160. The maximum absolute atomic E-state index is 13.9. The first-order valence-electron chi connectivity index (χ1n) is 6.82. The van der Waals surface area contributed by atoms with Crippen molar-refractivity contribution >= 4 is 15.9 Å². The highest BCUT2D eigenvalue weighted by Crippen LogP contribution is 2.38. The maximum Gasteiger partial charge on any atom is 0.129 e. The second kappa shape index (κ2) is 6.16. The highest BCUT2D eigenvalue weighted by atomic mass is 79.9. The molecule has 18 heavy (non-hydrogen) atoms. The van der Waals surface area contributed by atoms with Crippen molar-refractivity contribution in [2.45, 2.75) is 45.1 Å². The van der Waals surface area contributed by atoms with E-state index in [4.69, 9.17) is 5.73 Å². The van der Waals surface area contributed by atoms with Gasteiger partial charge < -0.3 is 5.73 Å². The van der Waals surface area contributed by atoms with Gasteiger partial charge in [0.25, 0.3) is 0 Å². The van der Waals surface area contributed by atoms with E-state index >= 15 is 0 Å². The van der Waals surface area contributed by atoms with Gasteiger partial charge in [-0.05, 0) is 36.8 Å². The van der Waals surface area contributed by atoms with Gasteiger partial charge in [0, 0.05) is 16.1 Å². The molecule has 1 aliphatic rings. The third-order valence-electron chi connectivity index (χ3n) is 4.23. The predicted molar refractivity (Wildman–Crippen MR) is 76.8 cm³/mol. The van der Waals surface area contributed by atoms with Crippen LogP contribution in [0.4, 0.5) is 4.39 Å². The van der Waals surface area contributed by atoms with Gasteiger partial charge in [-0.25, -0.2) is 4.39 Å². The zero-order valence-corrected chi connectivity index (χ0v) is 12.4. The largest absolute Gasteiger partial charge is 0.324 e. The molecule has 1 fully saturated rings. The molecule has 3 atom stereocenters. The Balaban J connectivity index is 2.12. The van der Waals surface area contributed by atoms with Gasteiger partial charge in [0.05, 0.1) is 0 Å². The monoisotopic (exact) mass is 313 g/mol. The Labute approximate surface area is 117 Å². The Bertz CT molecular complexity index is 407. The quantitative estimate of drug-likeness (QED) is 0.852. The van der Waals surface area contributed by atoms with Crippen LogP contribution in [-0.4, -0.2) is 0 Å². The molecule has 1 saturated carbocycles. The van der Waals surface area contributed by atoms with Gasteiger partial charge in [-0.1, -0.05) is 48.2 Å². The number of hydrogen-bond acceptors (Lipinski definition) is 1. The first-order chi connectivity index (χ1) is 8.61. The fourth-order valence-corrected chi connectivity index (χ4v) is 3.39. The van der Waals surface area contributed by atoms with E-state index in [0.29, 0.717) is 11.5 Å². The molecule has 0 spiro atoms. The number of rotatable bonds is 3. The first kappa shape index (κ1) is 14.0. The summed E-state index contributed by atoms with van der Waals surface area (Å²) >= 11 is 3.28. The minimum atomic E-state index is -0.185. The summed E-state index contributed by atoms with van der Waals surface area (Å²) in [5.41, 5.74) is 6.95. The molecule has 0 aliphatic heterocycles. The molecule has 2 N–H and O–H groups in total. The van der Waals surface area contributed by atoms with Gasteiger partial charge in [0.2, 0.25) is 0 Å². The molecule has 1 nitrogen and oxygen atoms in total. The van der Waals surface area contributed by atoms with Gasteiger partial charge in [0.15, 0.2) is 0 Å². The smallest absolute Gasteiger partial charge is 0.129 e. The van der Waals surface area contributed by atoms with E-state index < -0.39 is 0 Å². The zero-order valence-electron chi connectivity index (χ0n) is 10.8. The van der Waals surface area contributed by atoms with Crippen molar-refractivity contribution in [3.8, 4) is 0 Å². The lowest BCUT2D eigenvalue weighted by atomic mass is 9.75. The Morgan fingerprint density at radius 2 is 2.22 bits per heavy atom. The van der Waals surface area contributed by atoms with Crippen LogP contribution in [0.5, 0.6) is 0 Å². The molecule has 0 amide bonds. The van der Waals surface area contributed by atoms with Gasteiger partial charge in [0.1, 0.15) is 5.82 Å². The van der Waals surface area contributed by atoms with Crippen molar-refractivity contribution in [1.29, 1.82) is 0 Å². The SMILES string of the molecule is CCC1CCCC(C(N)c2ccc(Br)cc2F)C1. The Hall–Kier alpha value is -0.410. The topological polar surface area (TPSA) is 26.0 Å². The number of halogens is 2. The average Bonchev–Trinajstić information content (AvgIpc) is 2.38. The predicted octanol–water partition coefficient (Wildman–Crippen LogP) is 4.80. The van der Waals surface area contributed by atoms with Crippen molar-refractivity contribution < 1.29 is 4.39 Å². The lowest BCUT2D eigenvalue weighted by molar-refractivity contribution is 0.228. The molecule has 0 radical (unpaired) electrons. The highest BCUT2D eigenvalue weighted by Gasteiger charge is 2.27. The molecule has 0 aromatic heterocycles. The molecule has 3 heteroatoms. The number of nitrogens with two attached hydrogens (primary N) is 1. The van der Waals surface area contributed by atoms with E-state index in [9.17, 15) is 4.39 Å². The third-order valence-corrected chi connectivity index (χ3v) is 4.72. The van der Waals surface area contributed by atoms with E-state index in [1.165, 1.54) is 25.3 Å². The van der Waals surface area contributed by atoms with Crippen LogP contribution in [0.15, 0.2) is 22.7 Å². The molecule has 3 unspecified atom stereocenters. The molecule has 1 aliphatic carbocycles. The summed E-state index contributed by atoms with van der Waals surface area (Å²) in [6.07, 6.45) is 6.03. The van der Waals surface area contributed by atoms with Crippen molar-refractivity contribution in [2.75, 3.05) is 0 Å². The number of hydrogen-bond donors (Lipinski definition) is 1. The summed E-state index contributed by atoms with van der Waals surface area (Å²) in [6.45, 7) is 2.23. The van der Waals surface area contributed by atoms with E-state index in [1.54, 1.807) is 0 Å². The first-order valence-corrected chi connectivity index (χ1v) is 7.61. The Kier molecular flexibility index (Phi) is 4.79. The molecule has 1 aromatic carbocycles. The maximum atomic E-state index is 13.9. The summed E-state index contributed by atoms with van der Waals surface area (Å²) in [5.74, 6) is 1.02. The van der Waals surface area contributed by atoms with Gasteiger partial charge in [-0.3, -0.25) is 0 Å². The molecular formula is C15H21BrFN. The van der Waals surface area contributed by atoms with Gasteiger partial charge in [-0.2, -0.15) is 0 Å². The van der Waals surface area contributed by atoms with Crippen LogP contribution in [0.25, 0.3) is 0 Å². The van der Waals surface area contributed by atoms with E-state index in [2.05, 4.69) is 22.9 Å². The fraction of sp³-hybridized carbons (Fsp3) is 0.600. The van der Waals surface area contributed by atoms with Crippen molar-refractivity contribution in [2.24, 2.45) is 17.6 Å². The van der Waals surface area contributed by atoms with Crippen molar-refractivity contribution in [3.05, 3.63) is 34.1 Å². The van der Waals surface area contributed by atoms with Gasteiger partial charge >= 0.3 is 0 Å². The van der Waals surface area contributed by atoms with E-state index in [1.807, 2.05) is 12.1 Å². The van der Waals surface area contributed by atoms with Crippen LogP contribution < -0.4 is 5.73 Å². The summed E-state index contributed by atoms with van der Waals surface area (Å²) in [4.78, 5) is 0. The van der Waals surface area contributed by atoms with Crippen LogP contribution in [-0.2, 0) is 0 Å². The molecular weight excluding hydrogens is 293 g/mol. The summed E-state index contributed by atoms with van der Waals surface area (Å²) in [5, 5.41) is 0. The van der Waals surface area contributed by atoms with Crippen molar-refractivity contribution in [1.82, 2.24) is 0 Å². The second-order valence-corrected chi connectivity index (χ2v) is 6.31. The lowest BCUT2D eigenvalue weighted by Gasteiger charge is -2.32. The molecule has 2 rings (SSSR count). The van der Waals surface area contributed by atoms with Crippen LogP contribution in [0.1, 0.15) is 50.6 Å². The standard InChI is InChI=1S/C15H21BrFN/c1-2-10-4-3-5-11(8-10)15(18)13-7-6-12(16)9-14(13)17/h6-7,9-11,15H,2-5,8,18H2,1H3. The number of benzene rings is 1. The average molecular weight is 314 g/mol. The molecule has 0 heterocycles. The normalized spacial score (nSPS) is 26.0. The van der Waals surface area contributed by atoms with Gasteiger partial charge in [-0.15, -0.1) is 0 Å². The van der Waals surface area contributed by atoms with E-state index in [-0.39, 0.29) is 11.9 Å². The minimum Gasteiger partial charge on any atom is -0.324 e. The zero-order chi connectivity index (χ0) is 13.1. The molecule has 0 saturated heterocycles. The van der Waals surface area contributed by atoms with Crippen LogP contribution in [0.3, 0.4) is 0 Å². The summed E-state index contributed by atoms with van der Waals surface area (Å²) in [6, 6.07) is 5.04. The van der Waals surface area contributed by atoms with Crippen LogP contribution in [0.2, 0.25) is 0 Å². The summed E-state index contributed by atoms with van der Waals surface area (Å²) in [7, 11) is 0. The second-order valence-electron chi connectivity index (χ2n) is 5.39. The van der Waals surface area contributed by atoms with Crippen LogP contribution >= 0.6 is 15.9 Å². The Morgan fingerprint density at radius 3 is 2.89 bits per heavy atom. The highest BCUT2D eigenvalue weighted by molar-refractivity contribution is 9.10.